The molecular weight excluding hydrogens is 314 g/mol. The van der Waals surface area contributed by atoms with Crippen molar-refractivity contribution in [1.82, 2.24) is 4.90 Å². The molecule has 2 atom stereocenters. The number of rotatable bonds is 2. The third-order valence-corrected chi connectivity index (χ3v) is 6.15. The number of benzene rings is 2. The zero-order valence-electron chi connectivity index (χ0n) is 15.0. The van der Waals surface area contributed by atoms with E-state index in [1.807, 2.05) is 0 Å². The number of methoxy groups -OCH3 is 2. The number of likely N-dealkylation sites (N-methyl/N-ethyl adjacent to an activating group) is 1. The summed E-state index contributed by atoms with van der Waals surface area (Å²) in [5.74, 6) is 1.65. The Morgan fingerprint density at radius 1 is 0.800 bits per heavy atom. The maximum atomic E-state index is 5.65. The van der Waals surface area contributed by atoms with Gasteiger partial charge in [0.2, 0.25) is 0 Å². The minimum absolute atomic E-state index is 0.390. The van der Waals surface area contributed by atoms with Crippen molar-refractivity contribution < 1.29 is 14.2 Å². The fraction of sp³-hybridized carbons (Fsp3) is 0.429. The van der Waals surface area contributed by atoms with E-state index >= 15 is 0 Å². The molecule has 0 saturated carbocycles. The molecule has 130 valence electrons. The molecule has 0 aromatic heterocycles. The number of hydrogen-bond donors (Lipinski definition) is 0. The van der Waals surface area contributed by atoms with E-state index in [-0.39, 0.29) is 0 Å². The van der Waals surface area contributed by atoms with E-state index in [0.29, 0.717) is 12.1 Å². The molecule has 0 unspecified atom stereocenters. The Hall–Kier alpha value is -2.04. The molecule has 3 heterocycles. The SMILES string of the molecule is COc1cc2c(cc1OC)[C@H]1Cc3cc4c(cc3[C@@H](C2)N1C)COC4. The maximum Gasteiger partial charge on any atom is 0.161 e. The van der Waals surface area contributed by atoms with Gasteiger partial charge in [-0.2, -0.15) is 0 Å². The lowest BCUT2D eigenvalue weighted by Gasteiger charge is -2.46. The lowest BCUT2D eigenvalue weighted by atomic mass is 9.76. The molecule has 2 aromatic rings. The van der Waals surface area contributed by atoms with Gasteiger partial charge in [0.1, 0.15) is 0 Å². The van der Waals surface area contributed by atoms with Crippen LogP contribution in [0.1, 0.15) is 45.5 Å². The highest BCUT2D eigenvalue weighted by molar-refractivity contribution is 5.53. The summed E-state index contributed by atoms with van der Waals surface area (Å²) in [5, 5.41) is 0. The molecule has 0 radical (unpaired) electrons. The molecular formula is C21H23NO3. The lowest BCUT2D eigenvalue weighted by molar-refractivity contribution is 0.134. The average molecular weight is 337 g/mol. The van der Waals surface area contributed by atoms with E-state index in [0.717, 1.165) is 37.6 Å². The van der Waals surface area contributed by atoms with Crippen molar-refractivity contribution in [3.63, 3.8) is 0 Å². The molecule has 2 bridgehead atoms. The van der Waals surface area contributed by atoms with Crippen molar-refractivity contribution in [3.05, 3.63) is 57.6 Å². The molecule has 0 N–H and O–H groups in total. The van der Waals surface area contributed by atoms with Crippen molar-refractivity contribution in [1.29, 1.82) is 0 Å². The van der Waals surface area contributed by atoms with Crippen molar-refractivity contribution in [3.8, 4) is 11.5 Å². The van der Waals surface area contributed by atoms with Gasteiger partial charge in [0, 0.05) is 12.1 Å². The van der Waals surface area contributed by atoms with Crippen LogP contribution < -0.4 is 9.47 Å². The number of ether oxygens (including phenoxy) is 3. The lowest BCUT2D eigenvalue weighted by Crippen LogP contribution is -2.40. The molecule has 2 aromatic carbocycles. The molecule has 0 spiro atoms. The summed E-state index contributed by atoms with van der Waals surface area (Å²) in [6, 6.07) is 9.93. The molecule has 0 saturated heterocycles. The van der Waals surface area contributed by atoms with Crippen molar-refractivity contribution in [2.24, 2.45) is 0 Å². The summed E-state index contributed by atoms with van der Waals surface area (Å²) in [4.78, 5) is 2.53. The summed E-state index contributed by atoms with van der Waals surface area (Å²) >= 11 is 0. The predicted octanol–water partition coefficient (Wildman–Crippen LogP) is 3.56. The highest BCUT2D eigenvalue weighted by atomic mass is 16.5. The predicted molar refractivity (Wildman–Crippen MR) is 95.1 cm³/mol. The van der Waals surface area contributed by atoms with E-state index in [1.165, 1.54) is 33.4 Å². The highest BCUT2D eigenvalue weighted by Crippen LogP contribution is 2.49. The monoisotopic (exact) mass is 337 g/mol. The van der Waals surface area contributed by atoms with E-state index in [4.69, 9.17) is 14.2 Å². The zero-order chi connectivity index (χ0) is 17.1. The molecule has 4 heteroatoms. The zero-order valence-corrected chi connectivity index (χ0v) is 15.0. The Kier molecular flexibility index (Phi) is 3.34. The van der Waals surface area contributed by atoms with Gasteiger partial charge in [0.15, 0.2) is 11.5 Å². The molecule has 0 fully saturated rings. The first-order valence-corrected chi connectivity index (χ1v) is 8.88. The van der Waals surface area contributed by atoms with Gasteiger partial charge >= 0.3 is 0 Å². The topological polar surface area (TPSA) is 30.9 Å². The summed E-state index contributed by atoms with van der Waals surface area (Å²) in [6.45, 7) is 1.51. The van der Waals surface area contributed by atoms with Crippen LogP contribution in [0.3, 0.4) is 0 Å². The quantitative estimate of drug-likeness (QED) is 0.838. The third-order valence-electron chi connectivity index (χ3n) is 6.15. The van der Waals surface area contributed by atoms with Gasteiger partial charge in [-0.05, 0) is 65.4 Å². The fourth-order valence-corrected chi connectivity index (χ4v) is 4.79. The smallest absolute Gasteiger partial charge is 0.161 e. The molecule has 3 aliphatic heterocycles. The van der Waals surface area contributed by atoms with Crippen molar-refractivity contribution >= 4 is 0 Å². The second-order valence-corrected chi connectivity index (χ2v) is 7.32. The van der Waals surface area contributed by atoms with Gasteiger partial charge in [0.25, 0.3) is 0 Å². The number of fused-ring (bicyclic) bond motifs is 7. The molecule has 5 rings (SSSR count). The Labute approximate surface area is 148 Å². The minimum Gasteiger partial charge on any atom is -0.493 e. The Balaban J connectivity index is 1.64. The van der Waals surface area contributed by atoms with Gasteiger partial charge in [0.05, 0.1) is 27.4 Å². The summed E-state index contributed by atoms with van der Waals surface area (Å²) in [7, 11) is 5.67. The van der Waals surface area contributed by atoms with Gasteiger partial charge in [-0.1, -0.05) is 12.1 Å². The van der Waals surface area contributed by atoms with Crippen LogP contribution in [0.2, 0.25) is 0 Å². The summed E-state index contributed by atoms with van der Waals surface area (Å²) < 4.78 is 16.7. The largest absolute Gasteiger partial charge is 0.493 e. The van der Waals surface area contributed by atoms with Crippen molar-refractivity contribution in [2.75, 3.05) is 21.3 Å². The average Bonchev–Trinajstić information content (AvgIpc) is 3.08. The van der Waals surface area contributed by atoms with Gasteiger partial charge in [-0.15, -0.1) is 0 Å². The summed E-state index contributed by atoms with van der Waals surface area (Å²) in [5.41, 5.74) is 8.45. The molecule has 3 aliphatic rings. The molecule has 0 aliphatic carbocycles. The maximum absolute atomic E-state index is 5.65. The van der Waals surface area contributed by atoms with E-state index in [2.05, 4.69) is 36.2 Å². The number of hydrogen-bond acceptors (Lipinski definition) is 4. The highest BCUT2D eigenvalue weighted by Gasteiger charge is 2.39. The third kappa shape index (κ3) is 2.14. The van der Waals surface area contributed by atoms with E-state index in [9.17, 15) is 0 Å². The Morgan fingerprint density at radius 2 is 1.36 bits per heavy atom. The standard InChI is InChI=1S/C21H23NO3/c1-22-18-7-13-8-20(23-2)21(24-3)9-17(13)19(22)6-12-4-14-10-25-11-15(14)5-16(12)18/h4-5,8-9,18-19H,6-7,10-11H2,1-3H3/t18-,19-/m1/s1. The normalized spacial score (nSPS) is 23.6. The number of nitrogens with zero attached hydrogens (tertiary/aromatic N) is 1. The fourth-order valence-electron chi connectivity index (χ4n) is 4.79. The van der Waals surface area contributed by atoms with Crippen LogP contribution in [-0.4, -0.2) is 26.2 Å². The minimum atomic E-state index is 0.390. The Morgan fingerprint density at radius 3 is 2.04 bits per heavy atom. The molecule has 4 nitrogen and oxygen atoms in total. The van der Waals surface area contributed by atoms with Gasteiger partial charge in [-0.3, -0.25) is 4.90 Å². The first kappa shape index (κ1) is 15.2. The van der Waals surface area contributed by atoms with Crippen LogP contribution in [0.5, 0.6) is 11.5 Å². The second-order valence-electron chi connectivity index (χ2n) is 7.32. The van der Waals surface area contributed by atoms with Gasteiger partial charge < -0.3 is 14.2 Å². The first-order valence-electron chi connectivity index (χ1n) is 8.88. The second kappa shape index (κ2) is 5.48. The molecule has 0 amide bonds. The molecule has 25 heavy (non-hydrogen) atoms. The van der Waals surface area contributed by atoms with Crippen LogP contribution in [0.15, 0.2) is 24.3 Å². The van der Waals surface area contributed by atoms with Crippen LogP contribution in [0, 0.1) is 0 Å². The Bertz CT molecular complexity index is 861. The van der Waals surface area contributed by atoms with Crippen LogP contribution >= 0.6 is 0 Å². The van der Waals surface area contributed by atoms with E-state index in [1.54, 1.807) is 14.2 Å². The van der Waals surface area contributed by atoms with Crippen LogP contribution in [-0.2, 0) is 30.8 Å². The van der Waals surface area contributed by atoms with Crippen molar-refractivity contribution in [2.45, 2.75) is 38.1 Å². The van der Waals surface area contributed by atoms with E-state index < -0.39 is 0 Å². The van der Waals surface area contributed by atoms with Gasteiger partial charge in [-0.25, -0.2) is 0 Å². The first-order chi connectivity index (χ1) is 12.2. The van der Waals surface area contributed by atoms with Crippen LogP contribution in [0.4, 0.5) is 0 Å². The van der Waals surface area contributed by atoms with Crippen LogP contribution in [0.25, 0.3) is 0 Å². The summed E-state index contributed by atoms with van der Waals surface area (Å²) in [6.07, 6.45) is 2.05.